The normalized spacial score (nSPS) is 10.9. The Morgan fingerprint density at radius 1 is 1.07 bits per heavy atom. The first kappa shape index (κ1) is 10.6. The third kappa shape index (κ3) is 3.93. The summed E-state index contributed by atoms with van der Waals surface area (Å²) in [6, 6.07) is 8.08. The quantitative estimate of drug-likeness (QED) is 0.506. The molecule has 0 saturated carbocycles. The van der Waals surface area contributed by atoms with Crippen molar-refractivity contribution in [1.29, 1.82) is 0 Å². The van der Waals surface area contributed by atoms with E-state index in [9.17, 15) is 17.3 Å². The van der Waals surface area contributed by atoms with Gasteiger partial charge in [-0.15, -0.1) is 0 Å². The molecule has 0 unspecified atom stereocenters. The van der Waals surface area contributed by atoms with Crippen molar-refractivity contribution in [1.82, 2.24) is 4.98 Å². The van der Waals surface area contributed by atoms with Gasteiger partial charge in [0.05, 0.1) is 0 Å². The molecular weight excluding hydrogens is 199 g/mol. The van der Waals surface area contributed by atoms with Crippen LogP contribution < -0.4 is 4.98 Å². The number of rotatable bonds is 0. The van der Waals surface area contributed by atoms with Gasteiger partial charge in [-0.3, -0.25) is 0 Å². The van der Waals surface area contributed by atoms with Crippen LogP contribution in [0, 0.1) is 0 Å². The number of benzene rings is 1. The SMILES string of the molecule is F[B-](F)(F)F.c1ccc2[nH+]c[nH]c2c1. The first-order valence-corrected chi connectivity index (χ1v) is 3.78. The van der Waals surface area contributed by atoms with Crippen LogP contribution in [-0.4, -0.2) is 12.2 Å². The molecule has 0 amide bonds. The zero-order valence-corrected chi connectivity index (χ0v) is 6.98. The van der Waals surface area contributed by atoms with Crippen molar-refractivity contribution in [2.24, 2.45) is 0 Å². The predicted octanol–water partition coefficient (Wildman–Crippen LogP) is 2.28. The number of H-pyrrole nitrogens is 2. The molecule has 2 rings (SSSR count). The molecule has 1 aromatic carbocycles. The summed E-state index contributed by atoms with van der Waals surface area (Å²) < 4.78 is 39.0. The monoisotopic (exact) mass is 206 g/mol. The van der Waals surface area contributed by atoms with Crippen molar-refractivity contribution in [2.75, 3.05) is 0 Å². The van der Waals surface area contributed by atoms with Gasteiger partial charge in [-0.1, -0.05) is 12.1 Å². The van der Waals surface area contributed by atoms with Crippen LogP contribution in [0.15, 0.2) is 30.6 Å². The summed E-state index contributed by atoms with van der Waals surface area (Å²) in [5.41, 5.74) is 2.30. The molecule has 0 bridgehead atoms. The Bertz CT molecular complexity index is 361. The van der Waals surface area contributed by atoms with E-state index in [1.807, 2.05) is 30.6 Å². The minimum Gasteiger partial charge on any atom is -0.418 e. The Balaban J connectivity index is 0.000000171. The lowest BCUT2D eigenvalue weighted by Crippen LogP contribution is -2.02. The number of fused-ring (bicyclic) bond motifs is 1. The van der Waals surface area contributed by atoms with E-state index in [4.69, 9.17) is 0 Å². The first-order chi connectivity index (χ1) is 6.47. The molecule has 2 N–H and O–H groups in total. The maximum Gasteiger partial charge on any atom is 0.673 e. The van der Waals surface area contributed by atoms with Crippen LogP contribution in [-0.2, 0) is 0 Å². The lowest BCUT2D eigenvalue weighted by molar-refractivity contribution is -0.344. The number of hydrogen-bond donors (Lipinski definition) is 1. The average Bonchev–Trinajstić information content (AvgIpc) is 2.47. The highest BCUT2D eigenvalue weighted by atomic mass is 19.5. The number of halogens is 4. The zero-order chi connectivity index (χ0) is 10.6. The number of nitrogens with one attached hydrogen (secondary N) is 2. The summed E-state index contributed by atoms with van der Waals surface area (Å²) in [6.45, 7) is 0. The molecule has 0 aliphatic heterocycles. The number of aromatic amines is 2. The van der Waals surface area contributed by atoms with Gasteiger partial charge >= 0.3 is 7.25 Å². The largest absolute Gasteiger partial charge is 0.673 e. The van der Waals surface area contributed by atoms with Crippen molar-refractivity contribution < 1.29 is 22.2 Å². The molecule has 0 saturated heterocycles. The van der Waals surface area contributed by atoms with Crippen LogP contribution >= 0.6 is 0 Å². The van der Waals surface area contributed by atoms with E-state index in [-0.39, 0.29) is 0 Å². The lowest BCUT2D eigenvalue weighted by Gasteiger charge is -1.94. The molecule has 0 atom stereocenters. The van der Waals surface area contributed by atoms with Gasteiger partial charge in [-0.2, -0.15) is 0 Å². The minimum absolute atomic E-state index is 1.15. The van der Waals surface area contributed by atoms with Crippen molar-refractivity contribution in [3.05, 3.63) is 30.6 Å². The Morgan fingerprint density at radius 2 is 1.64 bits per heavy atom. The summed E-state index contributed by atoms with van der Waals surface area (Å²) in [5.74, 6) is 0. The molecule has 1 aromatic heterocycles. The van der Waals surface area contributed by atoms with Gasteiger partial charge in [0.1, 0.15) is 0 Å². The molecule has 0 radical (unpaired) electrons. The fourth-order valence-corrected chi connectivity index (χ4v) is 0.926. The van der Waals surface area contributed by atoms with Crippen LogP contribution in [0.25, 0.3) is 11.0 Å². The highest BCUT2D eigenvalue weighted by molar-refractivity contribution is 6.50. The number of hydrogen-bond acceptors (Lipinski definition) is 0. The van der Waals surface area contributed by atoms with Crippen molar-refractivity contribution in [3.63, 3.8) is 0 Å². The standard InChI is InChI=1S/C7H6N2.BF4/c1-2-4-7-6(3-1)8-5-9-7;2-1(3,4)5/h1-5H,(H,8,9);/q;-1/p+1. The minimum atomic E-state index is -6.00. The van der Waals surface area contributed by atoms with Crippen molar-refractivity contribution in [3.8, 4) is 0 Å². The highest BCUT2D eigenvalue weighted by Crippen LogP contribution is 2.06. The van der Waals surface area contributed by atoms with Crippen LogP contribution in [0.3, 0.4) is 0 Å². The molecule has 0 aliphatic carbocycles. The number of aromatic nitrogens is 2. The molecule has 2 nitrogen and oxygen atoms in total. The smallest absolute Gasteiger partial charge is 0.418 e. The molecule has 1 heterocycles. The molecule has 7 heteroatoms. The number of imidazole rings is 1. The highest BCUT2D eigenvalue weighted by Gasteiger charge is 2.20. The van der Waals surface area contributed by atoms with Crippen LogP contribution in [0.5, 0.6) is 0 Å². The maximum atomic E-state index is 9.75. The van der Waals surface area contributed by atoms with Crippen LogP contribution in [0.4, 0.5) is 17.3 Å². The zero-order valence-electron chi connectivity index (χ0n) is 6.98. The molecule has 0 fully saturated rings. The second-order valence-corrected chi connectivity index (χ2v) is 2.47. The maximum absolute atomic E-state index is 9.75. The Labute approximate surface area is 77.1 Å². The molecular formula is C7H7BF4N2. The van der Waals surface area contributed by atoms with E-state index in [0.717, 1.165) is 11.0 Å². The summed E-state index contributed by atoms with van der Waals surface area (Å²) in [5, 5.41) is 0. The molecule has 2 aromatic rings. The summed E-state index contributed by atoms with van der Waals surface area (Å²) in [4.78, 5) is 6.13. The molecule has 14 heavy (non-hydrogen) atoms. The topological polar surface area (TPSA) is 29.9 Å². The van der Waals surface area contributed by atoms with Gasteiger partial charge in [0.2, 0.25) is 6.33 Å². The van der Waals surface area contributed by atoms with Gasteiger partial charge in [0, 0.05) is 0 Å². The lowest BCUT2D eigenvalue weighted by atomic mass is 10.3. The Morgan fingerprint density at radius 3 is 2.21 bits per heavy atom. The first-order valence-electron chi connectivity index (χ1n) is 3.78. The van der Waals surface area contributed by atoms with E-state index in [2.05, 4.69) is 9.97 Å². The predicted molar refractivity (Wildman–Crippen MR) is 45.0 cm³/mol. The van der Waals surface area contributed by atoms with E-state index < -0.39 is 7.25 Å². The second kappa shape index (κ2) is 4.12. The third-order valence-electron chi connectivity index (χ3n) is 1.38. The number of para-hydroxylation sites is 2. The fraction of sp³-hybridized carbons (Fsp3) is 0. The van der Waals surface area contributed by atoms with E-state index >= 15 is 0 Å². The second-order valence-electron chi connectivity index (χ2n) is 2.47. The van der Waals surface area contributed by atoms with Crippen molar-refractivity contribution >= 4 is 18.3 Å². The van der Waals surface area contributed by atoms with Crippen LogP contribution in [0.2, 0.25) is 0 Å². The van der Waals surface area contributed by atoms with Gasteiger partial charge in [0.15, 0.2) is 11.0 Å². The summed E-state index contributed by atoms with van der Waals surface area (Å²) >= 11 is 0. The average molecular weight is 206 g/mol. The van der Waals surface area contributed by atoms with Crippen LogP contribution in [0.1, 0.15) is 0 Å². The van der Waals surface area contributed by atoms with Crippen molar-refractivity contribution in [2.45, 2.75) is 0 Å². The molecule has 76 valence electrons. The third-order valence-corrected chi connectivity index (χ3v) is 1.38. The summed E-state index contributed by atoms with van der Waals surface area (Å²) in [7, 11) is -6.00. The molecule has 0 spiro atoms. The Kier molecular flexibility index (Phi) is 3.11. The van der Waals surface area contributed by atoms with E-state index in [1.54, 1.807) is 0 Å². The van der Waals surface area contributed by atoms with Gasteiger partial charge in [0.25, 0.3) is 0 Å². The van der Waals surface area contributed by atoms with Gasteiger partial charge in [-0.05, 0) is 12.1 Å². The molecule has 0 aliphatic rings. The van der Waals surface area contributed by atoms with E-state index in [0.29, 0.717) is 0 Å². The Hall–Kier alpha value is -1.53. The fourth-order valence-electron chi connectivity index (χ4n) is 0.926. The van der Waals surface area contributed by atoms with E-state index in [1.165, 1.54) is 0 Å². The van der Waals surface area contributed by atoms with Gasteiger partial charge in [-0.25, -0.2) is 9.97 Å². The summed E-state index contributed by atoms with van der Waals surface area (Å²) in [6.07, 6.45) is 1.82. The van der Waals surface area contributed by atoms with Gasteiger partial charge < -0.3 is 17.3 Å².